The molecule has 1 amide bonds. The van der Waals surface area contributed by atoms with Gasteiger partial charge in [-0.2, -0.15) is 0 Å². The van der Waals surface area contributed by atoms with Gasteiger partial charge in [0, 0.05) is 23.9 Å². The molecule has 2 aromatic heterocycles. The van der Waals surface area contributed by atoms with Gasteiger partial charge >= 0.3 is 0 Å². The number of carbonyl (C=O) groups excluding carboxylic acids is 1. The molecule has 1 fully saturated rings. The molecule has 0 aliphatic carbocycles. The number of rotatable bonds is 3. The van der Waals surface area contributed by atoms with Crippen molar-refractivity contribution in [2.24, 2.45) is 0 Å². The molecular formula is C22H18N4O2. The van der Waals surface area contributed by atoms with Gasteiger partial charge in [0.2, 0.25) is 17.7 Å². The molecule has 1 saturated heterocycles. The van der Waals surface area contributed by atoms with E-state index in [1.165, 1.54) is 0 Å². The highest BCUT2D eigenvalue weighted by Gasteiger charge is 2.30. The van der Waals surface area contributed by atoms with Gasteiger partial charge in [0.05, 0.1) is 11.1 Å². The molecule has 1 aliphatic rings. The standard InChI is InChI=1S/C22H18N4O2/c23-20-16(13-15-9-4-5-10-17(15)24-20)21-25-19(14-7-2-1-3-8-14)22(28-21)26-12-6-11-18(26)27/h1-5,7-10,13H,6,11-12H2,(H2,23,24). The Hall–Kier alpha value is -3.67. The summed E-state index contributed by atoms with van der Waals surface area (Å²) in [6.07, 6.45) is 1.33. The number of nitrogens with two attached hydrogens (primary N) is 1. The van der Waals surface area contributed by atoms with E-state index in [0.717, 1.165) is 22.9 Å². The van der Waals surface area contributed by atoms with Crippen LogP contribution in [0.5, 0.6) is 0 Å². The minimum atomic E-state index is 0.0458. The second-order valence-electron chi connectivity index (χ2n) is 6.80. The molecule has 4 aromatic rings. The van der Waals surface area contributed by atoms with E-state index < -0.39 is 0 Å². The van der Waals surface area contributed by atoms with Crippen LogP contribution in [0.1, 0.15) is 12.8 Å². The smallest absolute Gasteiger partial charge is 0.233 e. The first-order chi connectivity index (χ1) is 13.7. The number of benzene rings is 2. The van der Waals surface area contributed by atoms with Crippen LogP contribution < -0.4 is 10.6 Å². The summed E-state index contributed by atoms with van der Waals surface area (Å²) in [7, 11) is 0. The Bertz CT molecular complexity index is 1180. The number of anilines is 2. The summed E-state index contributed by atoms with van der Waals surface area (Å²) in [4.78, 5) is 23.2. The number of oxazole rings is 1. The van der Waals surface area contributed by atoms with Crippen molar-refractivity contribution in [3.8, 4) is 22.7 Å². The fraction of sp³-hybridized carbons (Fsp3) is 0.136. The van der Waals surface area contributed by atoms with Crippen LogP contribution in [0.15, 0.2) is 65.1 Å². The highest BCUT2D eigenvalue weighted by Crippen LogP contribution is 2.38. The van der Waals surface area contributed by atoms with E-state index in [4.69, 9.17) is 15.1 Å². The number of para-hydroxylation sites is 1. The van der Waals surface area contributed by atoms with Gasteiger partial charge in [-0.1, -0.05) is 48.5 Å². The van der Waals surface area contributed by atoms with Crippen LogP contribution in [0.3, 0.4) is 0 Å². The minimum Gasteiger partial charge on any atom is -0.419 e. The van der Waals surface area contributed by atoms with Crippen LogP contribution in [0.2, 0.25) is 0 Å². The molecule has 6 nitrogen and oxygen atoms in total. The second-order valence-corrected chi connectivity index (χ2v) is 6.80. The highest BCUT2D eigenvalue weighted by atomic mass is 16.4. The van der Waals surface area contributed by atoms with Crippen molar-refractivity contribution in [1.82, 2.24) is 9.97 Å². The van der Waals surface area contributed by atoms with Gasteiger partial charge in [0.15, 0.2) is 0 Å². The van der Waals surface area contributed by atoms with Crippen LogP contribution in [-0.2, 0) is 4.79 Å². The van der Waals surface area contributed by atoms with Crippen molar-refractivity contribution in [3.63, 3.8) is 0 Å². The number of carbonyl (C=O) groups is 1. The Morgan fingerprint density at radius 2 is 1.79 bits per heavy atom. The monoisotopic (exact) mass is 370 g/mol. The highest BCUT2D eigenvalue weighted by molar-refractivity contribution is 5.97. The van der Waals surface area contributed by atoms with Crippen molar-refractivity contribution >= 4 is 28.5 Å². The van der Waals surface area contributed by atoms with E-state index in [9.17, 15) is 4.79 Å². The summed E-state index contributed by atoms with van der Waals surface area (Å²) in [5.74, 6) is 1.23. The number of hydrogen-bond donors (Lipinski definition) is 1. The lowest BCUT2D eigenvalue weighted by molar-refractivity contribution is -0.117. The van der Waals surface area contributed by atoms with E-state index in [1.54, 1.807) is 4.90 Å². The summed E-state index contributed by atoms with van der Waals surface area (Å²) in [6, 6.07) is 19.4. The fourth-order valence-electron chi connectivity index (χ4n) is 3.56. The van der Waals surface area contributed by atoms with Crippen molar-refractivity contribution in [3.05, 3.63) is 60.7 Å². The largest absolute Gasteiger partial charge is 0.419 e. The molecule has 0 unspecified atom stereocenters. The molecule has 3 heterocycles. The number of aromatic nitrogens is 2. The van der Waals surface area contributed by atoms with Crippen LogP contribution in [0, 0.1) is 0 Å². The predicted octanol–water partition coefficient (Wildman–Crippen LogP) is 4.27. The molecule has 0 bridgehead atoms. The molecule has 6 heteroatoms. The van der Waals surface area contributed by atoms with Gasteiger partial charge < -0.3 is 10.2 Å². The van der Waals surface area contributed by atoms with Crippen LogP contribution in [-0.4, -0.2) is 22.4 Å². The number of nitrogens with zero attached hydrogens (tertiary/aromatic N) is 3. The molecule has 138 valence electrons. The third kappa shape index (κ3) is 2.70. The normalized spacial score (nSPS) is 14.1. The van der Waals surface area contributed by atoms with Gasteiger partial charge in [-0.25, -0.2) is 9.97 Å². The van der Waals surface area contributed by atoms with Gasteiger partial charge in [-0.15, -0.1) is 0 Å². The molecule has 0 saturated carbocycles. The lowest BCUT2D eigenvalue weighted by atomic mass is 10.1. The van der Waals surface area contributed by atoms with E-state index in [2.05, 4.69) is 4.98 Å². The van der Waals surface area contributed by atoms with Crippen LogP contribution in [0.25, 0.3) is 33.6 Å². The Labute approximate surface area is 161 Å². The van der Waals surface area contributed by atoms with Gasteiger partial charge in [0.25, 0.3) is 0 Å². The van der Waals surface area contributed by atoms with E-state index in [-0.39, 0.29) is 5.91 Å². The summed E-state index contributed by atoms with van der Waals surface area (Å²) < 4.78 is 6.11. The quantitative estimate of drug-likeness (QED) is 0.582. The Balaban J connectivity index is 1.70. The summed E-state index contributed by atoms with van der Waals surface area (Å²) in [5.41, 5.74) is 9.16. The van der Waals surface area contributed by atoms with E-state index >= 15 is 0 Å². The van der Waals surface area contributed by atoms with Gasteiger partial charge in [0.1, 0.15) is 11.5 Å². The lowest BCUT2D eigenvalue weighted by Crippen LogP contribution is -2.23. The Morgan fingerprint density at radius 3 is 2.57 bits per heavy atom. The number of amides is 1. The number of hydrogen-bond acceptors (Lipinski definition) is 5. The maximum absolute atomic E-state index is 12.3. The summed E-state index contributed by atoms with van der Waals surface area (Å²) in [5, 5.41) is 0.949. The predicted molar refractivity (Wildman–Crippen MR) is 109 cm³/mol. The molecule has 1 aliphatic heterocycles. The first-order valence-corrected chi connectivity index (χ1v) is 9.23. The molecule has 2 N–H and O–H groups in total. The Kier molecular flexibility index (Phi) is 3.83. The molecule has 0 spiro atoms. The fourth-order valence-corrected chi connectivity index (χ4v) is 3.56. The number of nitrogen functional groups attached to an aromatic ring is 1. The van der Waals surface area contributed by atoms with E-state index in [0.29, 0.717) is 41.8 Å². The van der Waals surface area contributed by atoms with Crippen molar-refractivity contribution in [1.29, 1.82) is 0 Å². The maximum atomic E-state index is 12.3. The maximum Gasteiger partial charge on any atom is 0.233 e. The third-order valence-electron chi connectivity index (χ3n) is 4.96. The minimum absolute atomic E-state index is 0.0458. The molecular weight excluding hydrogens is 352 g/mol. The summed E-state index contributed by atoms with van der Waals surface area (Å²) >= 11 is 0. The first kappa shape index (κ1) is 16.5. The topological polar surface area (TPSA) is 85.2 Å². The molecule has 0 radical (unpaired) electrons. The van der Waals surface area contributed by atoms with Crippen molar-refractivity contribution in [2.45, 2.75) is 12.8 Å². The van der Waals surface area contributed by atoms with Crippen LogP contribution >= 0.6 is 0 Å². The molecule has 0 atom stereocenters. The SMILES string of the molecule is Nc1nc2ccccc2cc1-c1nc(-c2ccccc2)c(N2CCCC2=O)o1. The molecule has 2 aromatic carbocycles. The van der Waals surface area contributed by atoms with Crippen LogP contribution in [0.4, 0.5) is 11.7 Å². The average Bonchev–Trinajstić information content (AvgIpc) is 3.34. The van der Waals surface area contributed by atoms with Gasteiger partial charge in [-0.05, 0) is 18.6 Å². The zero-order valence-corrected chi connectivity index (χ0v) is 15.1. The van der Waals surface area contributed by atoms with Crippen molar-refractivity contribution in [2.75, 3.05) is 17.2 Å². The Morgan fingerprint density at radius 1 is 1.00 bits per heavy atom. The van der Waals surface area contributed by atoms with E-state index in [1.807, 2.05) is 60.7 Å². The molecule has 28 heavy (non-hydrogen) atoms. The first-order valence-electron chi connectivity index (χ1n) is 9.23. The van der Waals surface area contributed by atoms with Gasteiger partial charge in [-0.3, -0.25) is 9.69 Å². The molecule has 5 rings (SSSR count). The zero-order valence-electron chi connectivity index (χ0n) is 15.1. The lowest BCUT2D eigenvalue weighted by Gasteiger charge is -2.13. The zero-order chi connectivity index (χ0) is 19.1. The summed E-state index contributed by atoms with van der Waals surface area (Å²) in [6.45, 7) is 0.624. The average molecular weight is 370 g/mol. The number of fused-ring (bicyclic) bond motifs is 1. The second kappa shape index (κ2) is 6.49. The van der Waals surface area contributed by atoms with Crippen molar-refractivity contribution < 1.29 is 9.21 Å². The number of pyridine rings is 1. The third-order valence-corrected chi connectivity index (χ3v) is 4.96.